The van der Waals surface area contributed by atoms with Crippen molar-refractivity contribution in [2.45, 2.75) is 43.8 Å². The van der Waals surface area contributed by atoms with Gasteiger partial charge in [-0.05, 0) is 46.0 Å². The number of hydrogen-bond acceptors (Lipinski definition) is 9. The van der Waals surface area contributed by atoms with Crippen LogP contribution in [0.15, 0.2) is 174 Å². The first-order valence-electron chi connectivity index (χ1n) is 19.9. The average molecular weight is 811 g/mol. The van der Waals surface area contributed by atoms with E-state index in [0.29, 0.717) is 23.0 Å². The Kier molecular flexibility index (Phi) is 11.6. The molecule has 4 atom stereocenters. The van der Waals surface area contributed by atoms with Gasteiger partial charge in [0.2, 0.25) is 0 Å². The summed E-state index contributed by atoms with van der Waals surface area (Å²) in [5, 5.41) is 13.3. The smallest absolute Gasteiger partial charge is 0.271 e. The van der Waals surface area contributed by atoms with Crippen LogP contribution in [0.25, 0.3) is 44.7 Å². The zero-order chi connectivity index (χ0) is 40.8. The minimum absolute atomic E-state index is 0.0124. The third kappa shape index (κ3) is 8.64. The zero-order valence-corrected chi connectivity index (χ0v) is 33.7. The van der Waals surface area contributed by atoms with Gasteiger partial charge in [0, 0.05) is 34.9 Å². The molecule has 2 N–H and O–H groups in total. The average Bonchev–Trinajstić information content (AvgIpc) is 3.75. The molecule has 1 aliphatic heterocycles. The molecule has 1 saturated heterocycles. The van der Waals surface area contributed by atoms with Crippen LogP contribution in [0.1, 0.15) is 52.1 Å². The van der Waals surface area contributed by atoms with Crippen molar-refractivity contribution >= 4 is 28.7 Å². The van der Waals surface area contributed by atoms with Gasteiger partial charge in [0.1, 0.15) is 11.4 Å². The lowest BCUT2D eigenvalue weighted by atomic mass is 9.91. The fourth-order valence-corrected chi connectivity index (χ4v) is 8.42. The first-order valence-corrected chi connectivity index (χ1v) is 20.9. The molecule has 0 unspecified atom stereocenters. The van der Waals surface area contributed by atoms with E-state index in [4.69, 9.17) is 18.9 Å². The van der Waals surface area contributed by atoms with E-state index < -0.39 is 6.29 Å². The van der Waals surface area contributed by atoms with Gasteiger partial charge in [-0.3, -0.25) is 9.78 Å². The van der Waals surface area contributed by atoms with Crippen LogP contribution >= 0.6 is 11.8 Å². The van der Waals surface area contributed by atoms with Crippen LogP contribution in [0.2, 0.25) is 0 Å². The molecule has 0 radical (unpaired) electrons. The van der Waals surface area contributed by atoms with Gasteiger partial charge in [-0.1, -0.05) is 158 Å². The van der Waals surface area contributed by atoms with Crippen LogP contribution in [-0.4, -0.2) is 37.8 Å². The largest absolute Gasteiger partial charge is 0.431 e. The number of nitrogens with one attached hydrogen (secondary N) is 1. The number of thioether (sulfide) groups is 1. The van der Waals surface area contributed by atoms with E-state index >= 15 is 0 Å². The summed E-state index contributed by atoms with van der Waals surface area (Å²) in [6.07, 6.45) is 0.396. The Morgan fingerprint density at radius 3 is 2.12 bits per heavy atom. The number of ether oxygens (including phenoxy) is 2. The highest BCUT2D eigenvalue weighted by Gasteiger charge is 2.39. The van der Waals surface area contributed by atoms with Crippen molar-refractivity contribution in [2.24, 2.45) is 5.92 Å². The highest BCUT2D eigenvalue weighted by molar-refractivity contribution is 7.99. The number of fused-ring (bicyclic) bond motifs is 1. The standard InChI is InChI=1S/C50H42N4O5S/c1-32-44(31-60-50-54-45(36-12-4-2-5-13-36)47(59-50)37-14-6-3-7-15-37)57-49(58-46(32)38-21-19-33(30-55)20-22-38)39-25-23-35(24-26-39)40-16-10-11-34(27-40)28-52-48(56)43-29-51-41-17-8-9-18-42(41)53-43/h2-27,29,32,44,46,49,55H,28,30-31H2,1H3,(H,52,56)/t32-,44+,46+,49+/m1/s1. The molecule has 0 saturated carbocycles. The van der Waals surface area contributed by atoms with Crippen LogP contribution in [0.4, 0.5) is 0 Å². The molecule has 298 valence electrons. The normalized spacial score (nSPS) is 17.7. The van der Waals surface area contributed by atoms with Gasteiger partial charge in [0.05, 0.1) is 36.0 Å². The Labute approximate surface area is 352 Å². The van der Waals surface area contributed by atoms with Gasteiger partial charge >= 0.3 is 0 Å². The Morgan fingerprint density at radius 1 is 0.683 bits per heavy atom. The number of benzene rings is 6. The number of rotatable bonds is 12. The Bertz CT molecular complexity index is 2650. The van der Waals surface area contributed by atoms with Gasteiger partial charge in [0.15, 0.2) is 12.1 Å². The van der Waals surface area contributed by atoms with E-state index in [1.165, 1.54) is 18.0 Å². The number of hydrogen-bond donors (Lipinski definition) is 2. The van der Waals surface area contributed by atoms with Crippen LogP contribution in [0, 0.1) is 5.92 Å². The number of carbonyl (C=O) groups is 1. The SMILES string of the molecule is C[C@@H]1[C@H](CSc2nc(-c3ccccc3)c(-c3ccccc3)o2)O[C@H](c2ccc(-c3cccc(CNC(=O)c4cnc5ccccc5n4)c3)cc2)O[C@@H]1c1ccc(CO)cc1. The summed E-state index contributed by atoms with van der Waals surface area (Å²) in [4.78, 5) is 26.8. The van der Waals surface area contributed by atoms with Crippen molar-refractivity contribution in [3.05, 3.63) is 192 Å². The minimum Gasteiger partial charge on any atom is -0.431 e. The van der Waals surface area contributed by atoms with Crippen LogP contribution in [0.5, 0.6) is 0 Å². The lowest BCUT2D eigenvalue weighted by molar-refractivity contribution is -0.268. The van der Waals surface area contributed by atoms with Crippen molar-refractivity contribution in [2.75, 3.05) is 5.75 Å². The van der Waals surface area contributed by atoms with E-state index in [2.05, 4.69) is 46.5 Å². The minimum atomic E-state index is -0.632. The molecule has 9 nitrogen and oxygen atoms in total. The molecule has 1 fully saturated rings. The fourth-order valence-electron chi connectivity index (χ4n) is 7.44. The lowest BCUT2D eigenvalue weighted by Gasteiger charge is -2.41. The molecule has 1 amide bonds. The predicted molar refractivity (Wildman–Crippen MR) is 234 cm³/mol. The van der Waals surface area contributed by atoms with Crippen molar-refractivity contribution in [3.63, 3.8) is 0 Å². The summed E-state index contributed by atoms with van der Waals surface area (Å²) in [7, 11) is 0. The summed E-state index contributed by atoms with van der Waals surface area (Å²) in [5.41, 5.74) is 10.2. The third-order valence-electron chi connectivity index (χ3n) is 10.8. The highest BCUT2D eigenvalue weighted by atomic mass is 32.2. The number of aromatic nitrogens is 3. The maximum absolute atomic E-state index is 13.0. The Morgan fingerprint density at radius 2 is 1.37 bits per heavy atom. The number of amides is 1. The van der Waals surface area contributed by atoms with E-state index in [0.717, 1.165) is 61.5 Å². The third-order valence-corrected chi connectivity index (χ3v) is 11.7. The second kappa shape index (κ2) is 17.8. The number of para-hydroxylation sites is 2. The van der Waals surface area contributed by atoms with E-state index in [1.54, 1.807) is 0 Å². The number of nitrogens with zero attached hydrogens (tertiary/aromatic N) is 3. The summed E-state index contributed by atoms with van der Waals surface area (Å²) < 4.78 is 20.0. The maximum atomic E-state index is 13.0. The van der Waals surface area contributed by atoms with Crippen molar-refractivity contribution in [1.29, 1.82) is 0 Å². The van der Waals surface area contributed by atoms with Gasteiger partial charge in [-0.25, -0.2) is 9.97 Å². The number of carbonyl (C=O) groups excluding carboxylic acids is 1. The quantitative estimate of drug-likeness (QED) is 0.116. The molecular weight excluding hydrogens is 769 g/mol. The molecule has 2 aromatic heterocycles. The monoisotopic (exact) mass is 810 g/mol. The number of oxazole rings is 1. The second-order valence-electron chi connectivity index (χ2n) is 14.8. The molecule has 10 heteroatoms. The summed E-state index contributed by atoms with van der Waals surface area (Å²) in [6.45, 7) is 2.47. The van der Waals surface area contributed by atoms with E-state index in [9.17, 15) is 9.90 Å². The summed E-state index contributed by atoms with van der Waals surface area (Å²) in [5.74, 6) is 1.03. The van der Waals surface area contributed by atoms with E-state index in [1.807, 2.05) is 133 Å². The molecule has 0 bridgehead atoms. The van der Waals surface area contributed by atoms with Crippen LogP contribution in [0.3, 0.4) is 0 Å². The molecule has 8 aromatic rings. The first-order chi connectivity index (χ1) is 29.5. The zero-order valence-electron chi connectivity index (χ0n) is 32.8. The molecule has 1 aliphatic rings. The van der Waals surface area contributed by atoms with Crippen LogP contribution < -0.4 is 5.32 Å². The Balaban J connectivity index is 0.925. The highest BCUT2D eigenvalue weighted by Crippen LogP contribution is 2.44. The summed E-state index contributed by atoms with van der Waals surface area (Å²) >= 11 is 1.54. The molecule has 0 spiro atoms. The van der Waals surface area contributed by atoms with Crippen molar-refractivity contribution < 1.29 is 23.8 Å². The fraction of sp³-hybridized carbons (Fsp3) is 0.160. The molecule has 3 heterocycles. The van der Waals surface area contributed by atoms with Gasteiger partial charge < -0.3 is 24.3 Å². The molecule has 9 rings (SSSR count). The molecule has 60 heavy (non-hydrogen) atoms. The molecule has 0 aliphatic carbocycles. The number of aliphatic hydroxyl groups excluding tert-OH is 1. The summed E-state index contributed by atoms with van der Waals surface area (Å²) in [6, 6.07) is 51.9. The lowest BCUT2D eigenvalue weighted by Crippen LogP contribution is -2.38. The van der Waals surface area contributed by atoms with Gasteiger partial charge in [-0.2, -0.15) is 0 Å². The Hall–Kier alpha value is -6.43. The van der Waals surface area contributed by atoms with Gasteiger partial charge in [-0.15, -0.1) is 0 Å². The number of aliphatic hydroxyl groups is 1. The topological polar surface area (TPSA) is 120 Å². The molecular formula is C50H42N4O5S. The van der Waals surface area contributed by atoms with Crippen molar-refractivity contribution in [1.82, 2.24) is 20.3 Å². The first kappa shape index (κ1) is 39.1. The van der Waals surface area contributed by atoms with E-state index in [-0.39, 0.29) is 36.3 Å². The van der Waals surface area contributed by atoms with Crippen molar-refractivity contribution in [3.8, 4) is 33.7 Å². The molecule has 6 aromatic carbocycles. The predicted octanol–water partition coefficient (Wildman–Crippen LogP) is 10.6. The van der Waals surface area contributed by atoms with Crippen LogP contribution in [-0.2, 0) is 22.6 Å². The maximum Gasteiger partial charge on any atom is 0.271 e. The second-order valence-corrected chi connectivity index (χ2v) is 15.7. The van der Waals surface area contributed by atoms with Gasteiger partial charge in [0.25, 0.3) is 11.1 Å².